The van der Waals surface area contributed by atoms with E-state index in [9.17, 15) is 15.0 Å². The zero-order valence-corrected chi connectivity index (χ0v) is 10.4. The minimum absolute atomic E-state index is 0.0875. The van der Waals surface area contributed by atoms with E-state index in [-0.39, 0.29) is 10.9 Å². The van der Waals surface area contributed by atoms with Crippen LogP contribution in [0.2, 0.25) is 0 Å². The summed E-state index contributed by atoms with van der Waals surface area (Å²) >= 11 is 4.98. The van der Waals surface area contributed by atoms with Crippen molar-refractivity contribution in [2.45, 2.75) is 13.0 Å². The van der Waals surface area contributed by atoms with Gasteiger partial charge in [-0.05, 0) is 36.8 Å². The van der Waals surface area contributed by atoms with Gasteiger partial charge in [0.25, 0.3) is 0 Å². The molecule has 94 valence electrons. The number of hydrogen-bond acceptors (Lipinski definition) is 3. The van der Waals surface area contributed by atoms with E-state index in [1.165, 1.54) is 12.1 Å². The summed E-state index contributed by atoms with van der Waals surface area (Å²) in [4.78, 5) is 15.3. The minimum Gasteiger partial charge on any atom is -0.508 e. The molecule has 1 aliphatic heterocycles. The average molecular weight is 264 g/mol. The number of phenols is 1. The summed E-state index contributed by atoms with van der Waals surface area (Å²) in [5.41, 5.74) is 1.12. The number of carboxylic acid groups (broad SMARTS) is 1. The fourth-order valence-corrected chi connectivity index (χ4v) is 2.31. The normalized spacial score (nSPS) is 23.2. The Morgan fingerprint density at radius 3 is 2.83 bits per heavy atom. The Hall–Kier alpha value is -1.95. The number of carbonyl (C=O) groups is 1. The third-order valence-electron chi connectivity index (χ3n) is 2.84. The fraction of sp³-hybridized carbons (Fsp3) is 0.250. The number of rotatable bonds is 2. The van der Waals surface area contributed by atoms with Crippen molar-refractivity contribution in [3.63, 3.8) is 0 Å². The van der Waals surface area contributed by atoms with Gasteiger partial charge in [-0.1, -0.05) is 12.1 Å². The van der Waals surface area contributed by atoms with E-state index in [1.807, 2.05) is 0 Å². The van der Waals surface area contributed by atoms with Crippen LogP contribution in [0.15, 0.2) is 29.3 Å². The second-order valence-corrected chi connectivity index (χ2v) is 4.48. The summed E-state index contributed by atoms with van der Waals surface area (Å²) in [6.45, 7) is 1.64. The number of thiocarbonyl (C=S) groups is 1. The molecular weight excluding hydrogens is 252 g/mol. The lowest BCUT2D eigenvalue weighted by molar-refractivity contribution is -0.140. The van der Waals surface area contributed by atoms with E-state index in [1.54, 1.807) is 19.1 Å². The molecule has 0 bridgehead atoms. The van der Waals surface area contributed by atoms with Crippen LogP contribution in [0.4, 0.5) is 0 Å². The van der Waals surface area contributed by atoms with Crippen molar-refractivity contribution in [3.05, 3.63) is 29.8 Å². The highest BCUT2D eigenvalue weighted by Gasteiger charge is 2.35. The van der Waals surface area contributed by atoms with Crippen LogP contribution in [-0.2, 0) is 4.79 Å². The van der Waals surface area contributed by atoms with Crippen molar-refractivity contribution < 1.29 is 15.0 Å². The Balaban J connectivity index is 2.44. The molecule has 0 aliphatic carbocycles. The molecular formula is C12H12N2O3S. The van der Waals surface area contributed by atoms with E-state index < -0.39 is 17.9 Å². The van der Waals surface area contributed by atoms with Gasteiger partial charge in [0, 0.05) is 5.71 Å². The number of benzene rings is 1. The highest BCUT2D eigenvalue weighted by atomic mass is 32.1. The van der Waals surface area contributed by atoms with Crippen LogP contribution in [-0.4, -0.2) is 27.0 Å². The van der Waals surface area contributed by atoms with E-state index in [0.29, 0.717) is 11.3 Å². The molecule has 2 rings (SSSR count). The van der Waals surface area contributed by atoms with Gasteiger partial charge in [0.1, 0.15) is 11.7 Å². The predicted molar refractivity (Wildman–Crippen MR) is 70.8 cm³/mol. The van der Waals surface area contributed by atoms with Crippen LogP contribution in [0.5, 0.6) is 5.75 Å². The van der Waals surface area contributed by atoms with Gasteiger partial charge in [-0.3, -0.25) is 4.79 Å². The molecule has 1 aliphatic rings. The monoisotopic (exact) mass is 264 g/mol. The molecule has 18 heavy (non-hydrogen) atoms. The van der Waals surface area contributed by atoms with Crippen molar-refractivity contribution in [3.8, 4) is 5.75 Å². The topological polar surface area (TPSA) is 81.9 Å². The lowest BCUT2D eigenvalue weighted by atomic mass is 9.88. The number of nitrogens with zero attached hydrogens (tertiary/aromatic N) is 1. The maximum Gasteiger partial charge on any atom is 0.314 e. The first-order valence-electron chi connectivity index (χ1n) is 5.36. The lowest BCUT2D eigenvalue weighted by Crippen LogP contribution is -2.43. The molecule has 6 heteroatoms. The highest BCUT2D eigenvalue weighted by Crippen LogP contribution is 2.28. The van der Waals surface area contributed by atoms with E-state index >= 15 is 0 Å². The third-order valence-corrected chi connectivity index (χ3v) is 3.04. The molecule has 3 N–H and O–H groups in total. The summed E-state index contributed by atoms with van der Waals surface area (Å²) in [5, 5.41) is 21.9. The standard InChI is InChI=1S/C12H12N2O3S/c1-6-9(11(16)17)10(14-12(18)13-6)7-3-2-4-8(15)5-7/h2-5,9-10,15H,1H3,(H,14,18)(H,16,17). The smallest absolute Gasteiger partial charge is 0.314 e. The Labute approximate surface area is 109 Å². The Morgan fingerprint density at radius 1 is 1.50 bits per heavy atom. The number of aliphatic imine (C=N–C) groups is 1. The van der Waals surface area contributed by atoms with Crippen molar-refractivity contribution in [1.29, 1.82) is 0 Å². The van der Waals surface area contributed by atoms with Crippen LogP contribution < -0.4 is 5.32 Å². The largest absolute Gasteiger partial charge is 0.508 e. The molecule has 5 nitrogen and oxygen atoms in total. The zero-order chi connectivity index (χ0) is 13.3. The number of aromatic hydroxyl groups is 1. The van der Waals surface area contributed by atoms with Crippen molar-refractivity contribution in [1.82, 2.24) is 5.32 Å². The predicted octanol–water partition coefficient (Wildman–Crippen LogP) is 1.48. The van der Waals surface area contributed by atoms with Crippen molar-refractivity contribution >= 4 is 29.0 Å². The molecule has 2 atom stereocenters. The maximum absolute atomic E-state index is 11.3. The molecule has 1 heterocycles. The molecule has 0 spiro atoms. The maximum atomic E-state index is 11.3. The van der Waals surface area contributed by atoms with Gasteiger partial charge < -0.3 is 15.5 Å². The van der Waals surface area contributed by atoms with Crippen molar-refractivity contribution in [2.75, 3.05) is 0 Å². The van der Waals surface area contributed by atoms with Gasteiger partial charge in [-0.15, -0.1) is 0 Å². The van der Waals surface area contributed by atoms with Crippen LogP contribution in [0.3, 0.4) is 0 Å². The van der Waals surface area contributed by atoms with Crippen LogP contribution >= 0.6 is 12.2 Å². The highest BCUT2D eigenvalue weighted by molar-refractivity contribution is 7.80. The Bertz CT molecular complexity index is 542. The number of carboxylic acids is 1. The van der Waals surface area contributed by atoms with Crippen LogP contribution in [0, 0.1) is 5.92 Å². The van der Waals surface area contributed by atoms with Crippen molar-refractivity contribution in [2.24, 2.45) is 10.9 Å². The SMILES string of the molecule is CC1=NC(=S)NC(c2cccc(O)c2)C1C(=O)O. The van der Waals surface area contributed by atoms with Crippen LogP contribution in [0.25, 0.3) is 0 Å². The van der Waals surface area contributed by atoms with Gasteiger partial charge >= 0.3 is 5.97 Å². The molecule has 0 saturated carbocycles. The molecule has 0 fully saturated rings. The number of phenolic OH excluding ortho intramolecular Hbond substituents is 1. The molecule has 0 aromatic heterocycles. The number of aliphatic carboxylic acids is 1. The Morgan fingerprint density at radius 2 is 2.22 bits per heavy atom. The van der Waals surface area contributed by atoms with Gasteiger partial charge in [-0.25, -0.2) is 4.99 Å². The Kier molecular flexibility index (Phi) is 3.29. The average Bonchev–Trinajstić information content (AvgIpc) is 2.27. The summed E-state index contributed by atoms with van der Waals surface area (Å²) in [7, 11) is 0. The van der Waals surface area contributed by atoms with E-state index in [4.69, 9.17) is 12.2 Å². The summed E-state index contributed by atoms with van der Waals surface area (Å²) in [5.74, 6) is -1.68. The molecule has 0 saturated heterocycles. The first-order chi connectivity index (χ1) is 8.49. The second-order valence-electron chi connectivity index (χ2n) is 4.09. The molecule has 0 amide bonds. The van der Waals surface area contributed by atoms with Gasteiger partial charge in [0.2, 0.25) is 0 Å². The molecule has 0 radical (unpaired) electrons. The number of nitrogens with one attached hydrogen (secondary N) is 1. The zero-order valence-electron chi connectivity index (χ0n) is 9.62. The lowest BCUT2D eigenvalue weighted by Gasteiger charge is -2.29. The van der Waals surface area contributed by atoms with Crippen LogP contribution in [0.1, 0.15) is 18.5 Å². The summed E-state index contributed by atoms with van der Waals surface area (Å²) in [6.07, 6.45) is 0. The summed E-state index contributed by atoms with van der Waals surface area (Å²) in [6, 6.07) is 5.94. The second kappa shape index (κ2) is 4.73. The fourth-order valence-electron chi connectivity index (χ4n) is 2.03. The van der Waals surface area contributed by atoms with E-state index in [0.717, 1.165) is 0 Å². The molecule has 1 aromatic carbocycles. The van der Waals surface area contributed by atoms with Gasteiger partial charge in [0.05, 0.1) is 6.04 Å². The molecule has 1 aromatic rings. The van der Waals surface area contributed by atoms with Gasteiger partial charge in [0.15, 0.2) is 5.11 Å². The number of hydrogen-bond donors (Lipinski definition) is 3. The molecule has 2 unspecified atom stereocenters. The van der Waals surface area contributed by atoms with E-state index in [2.05, 4.69) is 10.3 Å². The first-order valence-corrected chi connectivity index (χ1v) is 5.77. The minimum atomic E-state index is -0.973. The van der Waals surface area contributed by atoms with Gasteiger partial charge in [-0.2, -0.15) is 0 Å². The summed E-state index contributed by atoms with van der Waals surface area (Å²) < 4.78 is 0. The quantitative estimate of drug-likeness (QED) is 0.705. The first kappa shape index (κ1) is 12.5. The third kappa shape index (κ3) is 2.33.